The summed E-state index contributed by atoms with van der Waals surface area (Å²) in [6.45, 7) is 0. The Hall–Kier alpha value is -1.41. The maximum absolute atomic E-state index is 4.16. The molecule has 2 heteroatoms. The number of rotatable bonds is 2. The Kier molecular flexibility index (Phi) is 2.58. The third kappa shape index (κ3) is 1.93. The topological polar surface area (TPSA) is 12.9 Å². The Labute approximate surface area is 99.5 Å². The molecule has 16 heavy (non-hydrogen) atoms. The molecule has 0 amide bonds. The quantitative estimate of drug-likeness (QED) is 0.762. The Morgan fingerprint density at radius 3 is 3.12 bits per heavy atom. The Morgan fingerprint density at radius 2 is 2.25 bits per heavy atom. The van der Waals surface area contributed by atoms with E-state index in [4.69, 9.17) is 0 Å². The van der Waals surface area contributed by atoms with Gasteiger partial charge in [0.1, 0.15) is 0 Å². The summed E-state index contributed by atoms with van der Waals surface area (Å²) >= 11 is 1.85. The highest BCUT2D eigenvalue weighted by Gasteiger charge is 2.11. The van der Waals surface area contributed by atoms with Crippen LogP contribution >= 0.6 is 11.3 Å². The minimum absolute atomic E-state index is 1.05. The van der Waals surface area contributed by atoms with Crippen LogP contribution in [-0.4, -0.2) is 4.98 Å². The van der Waals surface area contributed by atoms with E-state index in [1.165, 1.54) is 34.4 Å². The summed E-state index contributed by atoms with van der Waals surface area (Å²) < 4.78 is 0. The van der Waals surface area contributed by atoms with E-state index in [1.54, 1.807) is 0 Å². The van der Waals surface area contributed by atoms with Gasteiger partial charge in [-0.15, -0.1) is 11.3 Å². The number of hydrogen-bond donors (Lipinski definition) is 0. The number of hydrogen-bond acceptors (Lipinski definition) is 2. The van der Waals surface area contributed by atoms with Crippen molar-refractivity contribution >= 4 is 17.4 Å². The lowest BCUT2D eigenvalue weighted by Gasteiger charge is -2.13. The fourth-order valence-corrected chi connectivity index (χ4v) is 3.07. The highest BCUT2D eigenvalue weighted by molar-refractivity contribution is 7.11. The lowest BCUT2D eigenvalue weighted by atomic mass is 9.94. The Balaban J connectivity index is 1.83. The predicted molar refractivity (Wildman–Crippen MR) is 68.6 cm³/mol. The van der Waals surface area contributed by atoms with Crippen LogP contribution in [0.5, 0.6) is 0 Å². The van der Waals surface area contributed by atoms with E-state index in [0.29, 0.717) is 0 Å². The van der Waals surface area contributed by atoms with Gasteiger partial charge in [0, 0.05) is 17.3 Å². The molecule has 80 valence electrons. The predicted octanol–water partition coefficient (Wildman–Crippen LogP) is 3.72. The van der Waals surface area contributed by atoms with Crippen molar-refractivity contribution in [3.63, 3.8) is 0 Å². The number of aromatic nitrogens is 1. The van der Waals surface area contributed by atoms with Gasteiger partial charge in [0.15, 0.2) is 0 Å². The van der Waals surface area contributed by atoms with Crippen LogP contribution in [-0.2, 0) is 12.8 Å². The fourth-order valence-electron chi connectivity index (χ4n) is 2.14. The molecule has 1 nitrogen and oxygen atoms in total. The molecule has 0 radical (unpaired) electrons. The van der Waals surface area contributed by atoms with Gasteiger partial charge in [-0.2, -0.15) is 0 Å². The van der Waals surface area contributed by atoms with Crippen molar-refractivity contribution in [2.24, 2.45) is 0 Å². The van der Waals surface area contributed by atoms with E-state index in [0.717, 1.165) is 6.42 Å². The van der Waals surface area contributed by atoms with Crippen LogP contribution in [0.1, 0.15) is 22.4 Å². The number of pyridine rings is 1. The molecule has 0 N–H and O–H groups in total. The van der Waals surface area contributed by atoms with E-state index in [9.17, 15) is 0 Å². The van der Waals surface area contributed by atoms with E-state index in [-0.39, 0.29) is 0 Å². The van der Waals surface area contributed by atoms with Crippen molar-refractivity contribution in [1.82, 2.24) is 4.98 Å². The summed E-state index contributed by atoms with van der Waals surface area (Å²) in [4.78, 5) is 5.61. The summed E-state index contributed by atoms with van der Waals surface area (Å²) in [5, 5.41) is 2.19. The number of aryl methyl sites for hydroxylation is 1. The van der Waals surface area contributed by atoms with Crippen molar-refractivity contribution < 1.29 is 0 Å². The van der Waals surface area contributed by atoms with Gasteiger partial charge in [-0.05, 0) is 54.0 Å². The highest BCUT2D eigenvalue weighted by Crippen LogP contribution is 2.29. The van der Waals surface area contributed by atoms with Crippen LogP contribution in [0.25, 0.3) is 6.08 Å². The lowest BCUT2D eigenvalue weighted by molar-refractivity contribution is 0.892. The molecule has 0 spiro atoms. The first-order chi connectivity index (χ1) is 7.92. The third-order valence-corrected chi connectivity index (χ3v) is 3.89. The van der Waals surface area contributed by atoms with Gasteiger partial charge >= 0.3 is 0 Å². The third-order valence-electron chi connectivity index (χ3n) is 2.99. The van der Waals surface area contributed by atoms with E-state index >= 15 is 0 Å². The van der Waals surface area contributed by atoms with Gasteiger partial charge in [0.2, 0.25) is 0 Å². The van der Waals surface area contributed by atoms with Gasteiger partial charge < -0.3 is 0 Å². The smallest absolute Gasteiger partial charge is 0.0303 e. The highest BCUT2D eigenvalue weighted by atomic mass is 32.1. The van der Waals surface area contributed by atoms with Crippen LogP contribution in [0, 0.1) is 0 Å². The summed E-state index contributed by atoms with van der Waals surface area (Å²) in [6, 6.07) is 6.41. The zero-order chi connectivity index (χ0) is 10.8. The minimum Gasteiger partial charge on any atom is -0.264 e. The molecule has 2 aromatic rings. The van der Waals surface area contributed by atoms with Crippen LogP contribution in [0.4, 0.5) is 0 Å². The van der Waals surface area contributed by atoms with Crippen molar-refractivity contribution in [3.8, 4) is 0 Å². The number of allylic oxidation sites excluding steroid dienone is 1. The monoisotopic (exact) mass is 227 g/mol. The average molecular weight is 227 g/mol. The second-order valence-electron chi connectivity index (χ2n) is 4.15. The Morgan fingerprint density at radius 1 is 1.25 bits per heavy atom. The van der Waals surface area contributed by atoms with Crippen molar-refractivity contribution in [2.75, 3.05) is 0 Å². The van der Waals surface area contributed by atoms with E-state index < -0.39 is 0 Å². The summed E-state index contributed by atoms with van der Waals surface area (Å²) in [6.07, 6.45) is 9.59. The maximum atomic E-state index is 4.16. The standard InChI is InChI=1S/C14H13NS/c1-2-12(10-15-6-1)8-11-3-4-13-5-7-16-14(13)9-11/h1-2,5-7,9-10H,3-4,8H2. The molecule has 0 bridgehead atoms. The van der Waals surface area contributed by atoms with Crippen molar-refractivity contribution in [2.45, 2.75) is 19.3 Å². The molecular formula is C14H13NS. The van der Waals surface area contributed by atoms with Gasteiger partial charge in [-0.3, -0.25) is 4.98 Å². The summed E-state index contributed by atoms with van der Waals surface area (Å²) in [5.41, 5.74) is 4.36. The SMILES string of the molecule is C1=C(Cc2cccnc2)CCc2ccsc21. The minimum atomic E-state index is 1.05. The van der Waals surface area contributed by atoms with Crippen molar-refractivity contribution in [3.05, 3.63) is 57.6 Å². The molecule has 2 aromatic heterocycles. The van der Waals surface area contributed by atoms with E-state index in [1.807, 2.05) is 29.8 Å². The molecule has 0 atom stereocenters. The average Bonchev–Trinajstić information content (AvgIpc) is 2.77. The number of fused-ring (bicyclic) bond motifs is 1. The zero-order valence-electron chi connectivity index (χ0n) is 9.02. The molecule has 0 fully saturated rings. The summed E-state index contributed by atoms with van der Waals surface area (Å²) in [7, 11) is 0. The molecular weight excluding hydrogens is 214 g/mol. The number of thiophene rings is 1. The molecule has 2 heterocycles. The fraction of sp³-hybridized carbons (Fsp3) is 0.214. The maximum Gasteiger partial charge on any atom is 0.0303 e. The first-order valence-corrected chi connectivity index (χ1v) is 6.44. The Bertz CT molecular complexity index is 511. The molecule has 0 saturated carbocycles. The molecule has 1 aliphatic rings. The van der Waals surface area contributed by atoms with Gasteiger partial charge in [-0.25, -0.2) is 0 Å². The first kappa shape index (κ1) is 9.79. The summed E-state index contributed by atoms with van der Waals surface area (Å²) in [5.74, 6) is 0. The molecule has 0 saturated heterocycles. The molecule has 0 aromatic carbocycles. The molecule has 1 aliphatic carbocycles. The van der Waals surface area contributed by atoms with Crippen LogP contribution in [0.2, 0.25) is 0 Å². The second-order valence-corrected chi connectivity index (χ2v) is 5.10. The van der Waals surface area contributed by atoms with E-state index in [2.05, 4.69) is 28.6 Å². The van der Waals surface area contributed by atoms with Gasteiger partial charge in [-0.1, -0.05) is 11.6 Å². The largest absolute Gasteiger partial charge is 0.264 e. The zero-order valence-corrected chi connectivity index (χ0v) is 9.83. The normalized spacial score (nSPS) is 14.4. The lowest BCUT2D eigenvalue weighted by Crippen LogP contribution is -1.99. The second kappa shape index (κ2) is 4.22. The first-order valence-electron chi connectivity index (χ1n) is 5.56. The number of nitrogens with zero attached hydrogens (tertiary/aromatic N) is 1. The molecule has 3 rings (SSSR count). The molecule has 0 aliphatic heterocycles. The van der Waals surface area contributed by atoms with Crippen LogP contribution < -0.4 is 0 Å². The van der Waals surface area contributed by atoms with Crippen LogP contribution in [0.3, 0.4) is 0 Å². The van der Waals surface area contributed by atoms with Crippen molar-refractivity contribution in [1.29, 1.82) is 0 Å². The molecule has 0 unspecified atom stereocenters. The van der Waals surface area contributed by atoms with Crippen LogP contribution in [0.15, 0.2) is 41.5 Å². The van der Waals surface area contributed by atoms with Gasteiger partial charge in [0.05, 0.1) is 0 Å². The van der Waals surface area contributed by atoms with Gasteiger partial charge in [0.25, 0.3) is 0 Å².